The van der Waals surface area contributed by atoms with Gasteiger partial charge in [0.05, 0.1) is 18.8 Å². The highest BCUT2D eigenvalue weighted by Crippen LogP contribution is 2.12. The predicted octanol–water partition coefficient (Wildman–Crippen LogP) is 9.28. The molecule has 0 radical (unpaired) electrons. The van der Waals surface area contributed by atoms with Gasteiger partial charge < -0.3 is 15.5 Å². The molecule has 4 heteroatoms. The molecule has 0 aliphatic carbocycles. The first kappa shape index (κ1) is 37.4. The third kappa shape index (κ3) is 27.7. The summed E-state index contributed by atoms with van der Waals surface area (Å²) < 4.78 is 0. The molecule has 0 saturated carbocycles. The second-order valence-corrected chi connectivity index (χ2v) is 10.8. The topological polar surface area (TPSA) is 69.6 Å². The number of aliphatic hydroxyl groups is 2. The van der Waals surface area contributed by atoms with E-state index in [9.17, 15) is 15.0 Å². The van der Waals surface area contributed by atoms with Crippen molar-refractivity contribution in [3.63, 3.8) is 0 Å². The summed E-state index contributed by atoms with van der Waals surface area (Å²) in [6.07, 6.45) is 40.4. The Morgan fingerprint density at radius 2 is 1.13 bits per heavy atom. The third-order valence-electron chi connectivity index (χ3n) is 7.07. The van der Waals surface area contributed by atoms with Crippen molar-refractivity contribution in [2.45, 2.75) is 161 Å². The first-order chi connectivity index (χ1) is 19.2. The van der Waals surface area contributed by atoms with Gasteiger partial charge in [0, 0.05) is 6.42 Å². The van der Waals surface area contributed by atoms with Crippen LogP contribution in [0.15, 0.2) is 48.6 Å². The van der Waals surface area contributed by atoms with E-state index in [-0.39, 0.29) is 12.5 Å². The van der Waals surface area contributed by atoms with Gasteiger partial charge >= 0.3 is 0 Å². The maximum absolute atomic E-state index is 12.2. The van der Waals surface area contributed by atoms with Crippen LogP contribution in [-0.4, -0.2) is 34.9 Å². The second kappa shape index (κ2) is 30.9. The van der Waals surface area contributed by atoms with Crippen LogP contribution in [0, 0.1) is 0 Å². The molecular weight excluding hydrogens is 482 g/mol. The quantitative estimate of drug-likeness (QED) is 0.0677. The van der Waals surface area contributed by atoms with Crippen LogP contribution in [0.25, 0.3) is 0 Å². The van der Waals surface area contributed by atoms with E-state index < -0.39 is 12.1 Å². The molecule has 226 valence electrons. The van der Waals surface area contributed by atoms with Crippen LogP contribution in [-0.2, 0) is 4.79 Å². The normalized spacial score (nSPS) is 13.8. The Morgan fingerprint density at radius 1 is 0.641 bits per heavy atom. The van der Waals surface area contributed by atoms with Crippen molar-refractivity contribution >= 4 is 5.91 Å². The first-order valence-corrected chi connectivity index (χ1v) is 16.4. The van der Waals surface area contributed by atoms with E-state index in [0.717, 1.165) is 57.8 Å². The number of nitrogens with one attached hydrogen (secondary N) is 1. The summed E-state index contributed by atoms with van der Waals surface area (Å²) in [5, 5.41) is 22.8. The van der Waals surface area contributed by atoms with Gasteiger partial charge in [0.2, 0.25) is 5.91 Å². The van der Waals surface area contributed by atoms with E-state index >= 15 is 0 Å². The molecule has 0 rings (SSSR count). The van der Waals surface area contributed by atoms with Crippen molar-refractivity contribution in [1.82, 2.24) is 5.32 Å². The van der Waals surface area contributed by atoms with Gasteiger partial charge in [-0.2, -0.15) is 0 Å². The van der Waals surface area contributed by atoms with Crippen LogP contribution < -0.4 is 5.32 Å². The van der Waals surface area contributed by atoms with E-state index in [0.29, 0.717) is 6.42 Å². The standard InChI is InChI=1S/C35H63NO3/c1-3-5-7-9-11-13-15-17-18-19-21-23-25-27-29-31-35(39)36-33(32-37)34(38)30-28-26-24-22-20-16-14-12-10-8-6-4-2/h5,7,11,13,17-18,28,30,33-34,37-38H,3-4,6,8-10,12,14-16,19-27,29,31-32H2,1-2H3,(H,36,39)/b7-5-,13-11-,18-17-,30-28+. The Kier molecular flexibility index (Phi) is 29.6. The lowest BCUT2D eigenvalue weighted by Crippen LogP contribution is -2.45. The van der Waals surface area contributed by atoms with Crippen LogP contribution in [0.4, 0.5) is 0 Å². The monoisotopic (exact) mass is 545 g/mol. The molecule has 2 unspecified atom stereocenters. The molecule has 0 aromatic rings. The number of hydrogen-bond acceptors (Lipinski definition) is 3. The number of unbranched alkanes of at least 4 members (excludes halogenated alkanes) is 15. The summed E-state index contributed by atoms with van der Waals surface area (Å²) >= 11 is 0. The van der Waals surface area contributed by atoms with Crippen molar-refractivity contribution in [3.05, 3.63) is 48.6 Å². The maximum atomic E-state index is 12.2. The van der Waals surface area contributed by atoms with Crippen LogP contribution in [0.5, 0.6) is 0 Å². The summed E-state index contributed by atoms with van der Waals surface area (Å²) in [5.74, 6) is -0.0858. The van der Waals surface area contributed by atoms with E-state index in [4.69, 9.17) is 0 Å². The van der Waals surface area contributed by atoms with E-state index in [1.807, 2.05) is 6.08 Å². The Hall–Kier alpha value is -1.65. The van der Waals surface area contributed by atoms with E-state index in [1.165, 1.54) is 70.6 Å². The summed E-state index contributed by atoms with van der Waals surface area (Å²) in [7, 11) is 0. The number of hydrogen-bond donors (Lipinski definition) is 3. The number of amides is 1. The molecule has 0 aliphatic rings. The lowest BCUT2D eigenvalue weighted by Gasteiger charge is -2.20. The molecular formula is C35H63NO3. The Balaban J connectivity index is 3.72. The summed E-state index contributed by atoms with van der Waals surface area (Å²) in [4.78, 5) is 12.2. The molecule has 0 aromatic heterocycles. The smallest absolute Gasteiger partial charge is 0.220 e. The van der Waals surface area contributed by atoms with E-state index in [2.05, 4.69) is 55.6 Å². The molecule has 0 fully saturated rings. The molecule has 39 heavy (non-hydrogen) atoms. The highest BCUT2D eigenvalue weighted by atomic mass is 16.3. The summed E-state index contributed by atoms with van der Waals surface area (Å²) in [5.41, 5.74) is 0. The average molecular weight is 546 g/mol. The fourth-order valence-corrected chi connectivity index (χ4v) is 4.54. The molecule has 2 atom stereocenters. The van der Waals surface area contributed by atoms with Gasteiger partial charge in [-0.25, -0.2) is 0 Å². The van der Waals surface area contributed by atoms with Crippen LogP contribution in [0.3, 0.4) is 0 Å². The Morgan fingerprint density at radius 3 is 1.69 bits per heavy atom. The lowest BCUT2D eigenvalue weighted by atomic mass is 10.1. The van der Waals surface area contributed by atoms with Gasteiger partial charge in [-0.3, -0.25) is 4.79 Å². The minimum atomic E-state index is -0.844. The fraction of sp³-hybridized carbons (Fsp3) is 0.743. The summed E-state index contributed by atoms with van der Waals surface area (Å²) in [6, 6.07) is -0.629. The number of carbonyl (C=O) groups is 1. The van der Waals surface area contributed by atoms with Gasteiger partial charge in [-0.1, -0.05) is 140 Å². The number of allylic oxidation sites excluding steroid dienone is 7. The van der Waals surface area contributed by atoms with Gasteiger partial charge in [0.25, 0.3) is 0 Å². The Bertz CT molecular complexity index is 638. The van der Waals surface area contributed by atoms with Gasteiger partial charge in [-0.05, 0) is 51.4 Å². The maximum Gasteiger partial charge on any atom is 0.220 e. The molecule has 4 nitrogen and oxygen atoms in total. The van der Waals surface area contributed by atoms with Crippen LogP contribution in [0.2, 0.25) is 0 Å². The van der Waals surface area contributed by atoms with Crippen molar-refractivity contribution in [2.24, 2.45) is 0 Å². The average Bonchev–Trinajstić information content (AvgIpc) is 2.94. The molecule has 0 saturated heterocycles. The molecule has 0 aromatic carbocycles. The van der Waals surface area contributed by atoms with Crippen molar-refractivity contribution in [3.8, 4) is 0 Å². The molecule has 0 heterocycles. The Labute approximate surface area is 242 Å². The molecule has 0 bridgehead atoms. The predicted molar refractivity (Wildman–Crippen MR) is 170 cm³/mol. The third-order valence-corrected chi connectivity index (χ3v) is 7.07. The number of aliphatic hydroxyl groups excluding tert-OH is 2. The highest BCUT2D eigenvalue weighted by Gasteiger charge is 2.17. The van der Waals surface area contributed by atoms with E-state index in [1.54, 1.807) is 6.08 Å². The molecule has 3 N–H and O–H groups in total. The zero-order valence-corrected chi connectivity index (χ0v) is 25.6. The largest absolute Gasteiger partial charge is 0.394 e. The first-order valence-electron chi connectivity index (χ1n) is 16.4. The lowest BCUT2D eigenvalue weighted by molar-refractivity contribution is -0.123. The van der Waals surface area contributed by atoms with Crippen LogP contribution >= 0.6 is 0 Å². The number of carbonyl (C=O) groups excluding carboxylic acids is 1. The minimum absolute atomic E-state index is 0.0858. The minimum Gasteiger partial charge on any atom is -0.394 e. The van der Waals surface area contributed by atoms with Crippen molar-refractivity contribution in [2.75, 3.05) is 6.61 Å². The fourth-order valence-electron chi connectivity index (χ4n) is 4.54. The van der Waals surface area contributed by atoms with Crippen molar-refractivity contribution in [1.29, 1.82) is 0 Å². The second-order valence-electron chi connectivity index (χ2n) is 10.8. The van der Waals surface area contributed by atoms with Crippen molar-refractivity contribution < 1.29 is 15.0 Å². The number of rotatable bonds is 28. The SMILES string of the molecule is CC/C=C\C/C=C\C/C=C\CCCCCCCC(=O)NC(CO)C(O)/C=C/CCCCCCCCCCCC. The zero-order valence-electron chi connectivity index (χ0n) is 25.6. The van der Waals surface area contributed by atoms with Gasteiger partial charge in [0.1, 0.15) is 0 Å². The summed E-state index contributed by atoms with van der Waals surface area (Å²) in [6.45, 7) is 4.15. The van der Waals surface area contributed by atoms with Crippen LogP contribution in [0.1, 0.15) is 149 Å². The molecule has 1 amide bonds. The highest BCUT2D eigenvalue weighted by molar-refractivity contribution is 5.76. The van der Waals surface area contributed by atoms with Gasteiger partial charge in [-0.15, -0.1) is 0 Å². The van der Waals surface area contributed by atoms with Gasteiger partial charge in [0.15, 0.2) is 0 Å². The molecule has 0 spiro atoms. The zero-order chi connectivity index (χ0) is 28.7. The molecule has 0 aliphatic heterocycles.